The Hall–Kier alpha value is 0.400. The molecule has 54 valence electrons. The Kier molecular flexibility index (Phi) is 2.95. The molecule has 2 N–H and O–H groups in total. The van der Waals surface area contributed by atoms with Crippen LogP contribution in [0.1, 0.15) is 19.3 Å². The highest BCUT2D eigenvalue weighted by molar-refractivity contribution is 9.09. The highest BCUT2D eigenvalue weighted by atomic mass is 79.9. The summed E-state index contributed by atoms with van der Waals surface area (Å²) >= 11 is 3.45. The van der Waals surface area contributed by atoms with Gasteiger partial charge in [-0.3, -0.25) is 5.32 Å². The van der Waals surface area contributed by atoms with E-state index in [0.29, 0.717) is 11.0 Å². The van der Waals surface area contributed by atoms with Crippen molar-refractivity contribution in [3.63, 3.8) is 0 Å². The molecule has 2 unspecified atom stereocenters. The zero-order valence-corrected chi connectivity index (χ0v) is 6.89. The fourth-order valence-corrected chi connectivity index (χ4v) is 1.81. The molecule has 0 bridgehead atoms. The summed E-state index contributed by atoms with van der Waals surface area (Å²) in [6.45, 7) is 0.266. The highest BCUT2D eigenvalue weighted by Crippen LogP contribution is 2.15. The first-order chi connectivity index (χ1) is 4.33. The number of alkyl halides is 1. The lowest BCUT2D eigenvalue weighted by Crippen LogP contribution is -2.41. The number of piperidine rings is 1. The van der Waals surface area contributed by atoms with Crippen LogP contribution in [0.15, 0.2) is 0 Å². The van der Waals surface area contributed by atoms with E-state index in [1.807, 2.05) is 0 Å². The monoisotopic (exact) mass is 193 g/mol. The van der Waals surface area contributed by atoms with Crippen LogP contribution in [0.5, 0.6) is 0 Å². The van der Waals surface area contributed by atoms with Gasteiger partial charge < -0.3 is 5.11 Å². The summed E-state index contributed by atoms with van der Waals surface area (Å²) in [4.78, 5) is 0.420. The van der Waals surface area contributed by atoms with Crippen LogP contribution in [-0.2, 0) is 0 Å². The topological polar surface area (TPSA) is 32.3 Å². The van der Waals surface area contributed by atoms with Crippen molar-refractivity contribution < 1.29 is 5.11 Å². The van der Waals surface area contributed by atoms with E-state index in [-0.39, 0.29) is 6.61 Å². The number of nitrogens with one attached hydrogen (secondary N) is 1. The van der Waals surface area contributed by atoms with E-state index in [1.165, 1.54) is 12.8 Å². The minimum atomic E-state index is 0.266. The number of aliphatic hydroxyl groups excluding tert-OH is 1. The minimum absolute atomic E-state index is 0.266. The maximum absolute atomic E-state index is 8.73. The predicted molar refractivity (Wildman–Crippen MR) is 40.6 cm³/mol. The first-order valence-electron chi connectivity index (χ1n) is 3.34. The van der Waals surface area contributed by atoms with Gasteiger partial charge in [-0.2, -0.15) is 0 Å². The molecule has 0 aliphatic carbocycles. The standard InChI is InChI=1S/C6H12BrNO/c7-6-3-1-2-5(4-9)8-6/h5-6,8-9H,1-4H2. The normalized spacial score (nSPS) is 36.7. The molecule has 0 aromatic rings. The smallest absolute Gasteiger partial charge is 0.0633 e. The summed E-state index contributed by atoms with van der Waals surface area (Å²) in [5, 5.41) is 12.0. The van der Waals surface area contributed by atoms with Gasteiger partial charge in [0.15, 0.2) is 0 Å². The maximum atomic E-state index is 8.73. The molecule has 0 amide bonds. The van der Waals surface area contributed by atoms with E-state index in [4.69, 9.17) is 5.11 Å². The van der Waals surface area contributed by atoms with Gasteiger partial charge in [-0.15, -0.1) is 0 Å². The molecule has 1 saturated heterocycles. The largest absolute Gasteiger partial charge is 0.395 e. The predicted octanol–water partition coefficient (Wildman–Crippen LogP) is 0.842. The highest BCUT2D eigenvalue weighted by Gasteiger charge is 2.16. The average Bonchev–Trinajstić information content (AvgIpc) is 1.88. The number of hydrogen-bond acceptors (Lipinski definition) is 2. The van der Waals surface area contributed by atoms with E-state index < -0.39 is 0 Å². The molecule has 1 aliphatic heterocycles. The molecule has 1 fully saturated rings. The second-order valence-corrected chi connectivity index (χ2v) is 3.55. The first kappa shape index (κ1) is 7.51. The Morgan fingerprint density at radius 2 is 2.33 bits per heavy atom. The van der Waals surface area contributed by atoms with Crippen molar-refractivity contribution in [2.45, 2.75) is 30.3 Å². The van der Waals surface area contributed by atoms with E-state index in [1.54, 1.807) is 0 Å². The molecule has 2 atom stereocenters. The van der Waals surface area contributed by atoms with Crippen molar-refractivity contribution in [3.05, 3.63) is 0 Å². The molecule has 0 radical (unpaired) electrons. The second-order valence-electron chi connectivity index (χ2n) is 2.44. The van der Waals surface area contributed by atoms with Crippen molar-refractivity contribution in [2.75, 3.05) is 6.61 Å². The van der Waals surface area contributed by atoms with Gasteiger partial charge in [0.1, 0.15) is 0 Å². The molecule has 1 heterocycles. The summed E-state index contributed by atoms with van der Waals surface area (Å²) in [6, 6.07) is 0.322. The third-order valence-electron chi connectivity index (χ3n) is 1.65. The van der Waals surface area contributed by atoms with Gasteiger partial charge in [0.2, 0.25) is 0 Å². The van der Waals surface area contributed by atoms with E-state index in [2.05, 4.69) is 21.2 Å². The summed E-state index contributed by atoms with van der Waals surface area (Å²) in [5.41, 5.74) is 0. The maximum Gasteiger partial charge on any atom is 0.0633 e. The average molecular weight is 194 g/mol. The second kappa shape index (κ2) is 3.54. The molecule has 9 heavy (non-hydrogen) atoms. The molecule has 0 aromatic carbocycles. The molecule has 2 nitrogen and oxygen atoms in total. The van der Waals surface area contributed by atoms with Crippen LogP contribution in [-0.4, -0.2) is 22.7 Å². The molecular formula is C6H12BrNO. The van der Waals surface area contributed by atoms with Crippen molar-refractivity contribution in [2.24, 2.45) is 0 Å². The van der Waals surface area contributed by atoms with Crippen LogP contribution >= 0.6 is 15.9 Å². The number of hydrogen-bond donors (Lipinski definition) is 2. The summed E-state index contributed by atoms with van der Waals surface area (Å²) in [6.07, 6.45) is 3.50. The zero-order chi connectivity index (χ0) is 6.69. The van der Waals surface area contributed by atoms with E-state index in [9.17, 15) is 0 Å². The number of rotatable bonds is 1. The first-order valence-corrected chi connectivity index (χ1v) is 4.25. The van der Waals surface area contributed by atoms with Crippen molar-refractivity contribution >= 4 is 15.9 Å². The molecule has 1 aliphatic rings. The van der Waals surface area contributed by atoms with Gasteiger partial charge >= 0.3 is 0 Å². The van der Waals surface area contributed by atoms with Crippen LogP contribution in [0.25, 0.3) is 0 Å². The lowest BCUT2D eigenvalue weighted by Gasteiger charge is -2.25. The van der Waals surface area contributed by atoms with Gasteiger partial charge in [-0.05, 0) is 19.3 Å². The van der Waals surface area contributed by atoms with Crippen molar-refractivity contribution in [1.29, 1.82) is 0 Å². The molecule has 0 saturated carbocycles. The Morgan fingerprint density at radius 1 is 1.56 bits per heavy atom. The SMILES string of the molecule is OCC1CCCC(Br)N1. The number of halogens is 1. The van der Waals surface area contributed by atoms with Crippen LogP contribution < -0.4 is 5.32 Å². The third kappa shape index (κ3) is 2.24. The van der Waals surface area contributed by atoms with E-state index >= 15 is 0 Å². The Labute approximate surface area is 63.8 Å². The van der Waals surface area contributed by atoms with Gasteiger partial charge in [0.05, 0.1) is 11.6 Å². The van der Waals surface area contributed by atoms with Crippen molar-refractivity contribution in [3.8, 4) is 0 Å². The zero-order valence-electron chi connectivity index (χ0n) is 5.31. The van der Waals surface area contributed by atoms with Crippen molar-refractivity contribution in [1.82, 2.24) is 5.32 Å². The van der Waals surface area contributed by atoms with Gasteiger partial charge in [0.25, 0.3) is 0 Å². The lowest BCUT2D eigenvalue weighted by atomic mass is 10.1. The van der Waals surface area contributed by atoms with Crippen LogP contribution in [0.4, 0.5) is 0 Å². The Bertz CT molecular complexity index is 89.1. The van der Waals surface area contributed by atoms with Crippen LogP contribution in [0, 0.1) is 0 Å². The van der Waals surface area contributed by atoms with Gasteiger partial charge in [-0.25, -0.2) is 0 Å². The van der Waals surface area contributed by atoms with Crippen LogP contribution in [0.3, 0.4) is 0 Å². The fraction of sp³-hybridized carbons (Fsp3) is 1.00. The lowest BCUT2D eigenvalue weighted by molar-refractivity contribution is 0.216. The van der Waals surface area contributed by atoms with E-state index in [0.717, 1.165) is 6.42 Å². The summed E-state index contributed by atoms with van der Waals surface area (Å²) in [7, 11) is 0. The molecule has 0 aromatic heterocycles. The molecule has 0 spiro atoms. The van der Waals surface area contributed by atoms with Gasteiger partial charge in [0, 0.05) is 6.04 Å². The molecule has 1 rings (SSSR count). The Balaban J connectivity index is 2.23. The number of aliphatic hydroxyl groups is 1. The quantitative estimate of drug-likeness (QED) is 0.479. The van der Waals surface area contributed by atoms with Gasteiger partial charge in [-0.1, -0.05) is 15.9 Å². The minimum Gasteiger partial charge on any atom is -0.395 e. The fourth-order valence-electron chi connectivity index (χ4n) is 1.11. The third-order valence-corrected chi connectivity index (χ3v) is 2.37. The van der Waals surface area contributed by atoms with Crippen LogP contribution in [0.2, 0.25) is 0 Å². The summed E-state index contributed by atoms with van der Waals surface area (Å²) in [5.74, 6) is 0. The molecular weight excluding hydrogens is 182 g/mol. The molecule has 3 heteroatoms. The Morgan fingerprint density at radius 3 is 2.78 bits per heavy atom. The summed E-state index contributed by atoms with van der Waals surface area (Å²) < 4.78 is 0.